The molecular formula is C15H21NO3. The van der Waals surface area contributed by atoms with Crippen molar-refractivity contribution >= 4 is 5.78 Å². The number of carbonyl (C=O) groups is 1. The number of methoxy groups -OCH3 is 1. The van der Waals surface area contributed by atoms with E-state index < -0.39 is 0 Å². The van der Waals surface area contributed by atoms with Gasteiger partial charge in [-0.15, -0.1) is 0 Å². The summed E-state index contributed by atoms with van der Waals surface area (Å²) in [6.45, 7) is 6.15. The van der Waals surface area contributed by atoms with E-state index in [1.54, 1.807) is 7.11 Å². The molecule has 2 rings (SSSR count). The Hall–Kier alpha value is -1.39. The number of nitrogens with zero attached hydrogens (tertiary/aromatic N) is 1. The van der Waals surface area contributed by atoms with Crippen molar-refractivity contribution in [3.63, 3.8) is 0 Å². The predicted molar refractivity (Wildman–Crippen MR) is 73.9 cm³/mol. The van der Waals surface area contributed by atoms with Gasteiger partial charge in [-0.2, -0.15) is 0 Å². The number of hydrogen-bond donors (Lipinski definition) is 0. The SMILES string of the molecule is COc1ccc(C)c(C(=O)CCN2CCOCC2)c1. The number of aryl methyl sites for hydroxylation is 1. The van der Waals surface area contributed by atoms with Gasteiger partial charge in [-0.1, -0.05) is 6.07 Å². The van der Waals surface area contributed by atoms with Crippen LogP contribution < -0.4 is 4.74 Å². The molecule has 1 saturated heterocycles. The van der Waals surface area contributed by atoms with E-state index in [2.05, 4.69) is 4.90 Å². The first kappa shape index (κ1) is 14.0. The van der Waals surface area contributed by atoms with E-state index >= 15 is 0 Å². The van der Waals surface area contributed by atoms with Crippen molar-refractivity contribution in [3.05, 3.63) is 29.3 Å². The fraction of sp³-hybridized carbons (Fsp3) is 0.533. The first-order valence-corrected chi connectivity index (χ1v) is 6.68. The molecule has 0 saturated carbocycles. The zero-order valence-electron chi connectivity index (χ0n) is 11.6. The van der Waals surface area contributed by atoms with Crippen molar-refractivity contribution in [2.45, 2.75) is 13.3 Å². The molecule has 0 aliphatic carbocycles. The summed E-state index contributed by atoms with van der Waals surface area (Å²) in [6, 6.07) is 5.64. The van der Waals surface area contributed by atoms with Crippen molar-refractivity contribution in [2.75, 3.05) is 40.0 Å². The molecule has 0 radical (unpaired) electrons. The quantitative estimate of drug-likeness (QED) is 0.761. The Morgan fingerprint density at radius 3 is 2.79 bits per heavy atom. The average molecular weight is 263 g/mol. The van der Waals surface area contributed by atoms with E-state index in [4.69, 9.17) is 9.47 Å². The minimum absolute atomic E-state index is 0.183. The monoisotopic (exact) mass is 263 g/mol. The highest BCUT2D eigenvalue weighted by atomic mass is 16.5. The van der Waals surface area contributed by atoms with E-state index in [1.807, 2.05) is 25.1 Å². The maximum absolute atomic E-state index is 12.3. The Kier molecular flexibility index (Phi) is 4.93. The van der Waals surface area contributed by atoms with Crippen LogP contribution in [0.3, 0.4) is 0 Å². The number of carbonyl (C=O) groups excluding carboxylic acids is 1. The molecule has 1 aliphatic heterocycles. The van der Waals surface area contributed by atoms with Gasteiger partial charge in [-0.3, -0.25) is 9.69 Å². The molecule has 4 nitrogen and oxygen atoms in total. The van der Waals surface area contributed by atoms with Crippen LogP contribution in [0.5, 0.6) is 5.75 Å². The minimum atomic E-state index is 0.183. The molecule has 0 aromatic heterocycles. The van der Waals surface area contributed by atoms with Crippen LogP contribution in [0.2, 0.25) is 0 Å². The molecule has 1 fully saturated rings. The summed E-state index contributed by atoms with van der Waals surface area (Å²) in [5, 5.41) is 0. The number of ketones is 1. The smallest absolute Gasteiger partial charge is 0.164 e. The molecule has 1 heterocycles. The molecule has 0 N–H and O–H groups in total. The van der Waals surface area contributed by atoms with Gasteiger partial charge in [0.1, 0.15) is 5.75 Å². The van der Waals surface area contributed by atoms with Crippen LogP contribution in [0.15, 0.2) is 18.2 Å². The van der Waals surface area contributed by atoms with Gasteiger partial charge in [0.05, 0.1) is 20.3 Å². The van der Waals surface area contributed by atoms with Gasteiger partial charge in [0.25, 0.3) is 0 Å². The maximum Gasteiger partial charge on any atom is 0.164 e. The Balaban J connectivity index is 1.95. The number of hydrogen-bond acceptors (Lipinski definition) is 4. The van der Waals surface area contributed by atoms with Gasteiger partial charge in [0, 0.05) is 31.6 Å². The molecule has 0 atom stereocenters. The lowest BCUT2D eigenvalue weighted by Gasteiger charge is -2.26. The van der Waals surface area contributed by atoms with Gasteiger partial charge in [0.15, 0.2) is 5.78 Å². The van der Waals surface area contributed by atoms with Gasteiger partial charge < -0.3 is 9.47 Å². The molecule has 0 spiro atoms. The normalized spacial score (nSPS) is 16.3. The lowest BCUT2D eigenvalue weighted by molar-refractivity contribution is 0.0370. The minimum Gasteiger partial charge on any atom is -0.497 e. The third-order valence-corrected chi connectivity index (χ3v) is 3.50. The van der Waals surface area contributed by atoms with Crippen molar-refractivity contribution in [1.29, 1.82) is 0 Å². The lowest BCUT2D eigenvalue weighted by Crippen LogP contribution is -2.37. The highest BCUT2D eigenvalue weighted by molar-refractivity contribution is 5.97. The van der Waals surface area contributed by atoms with Gasteiger partial charge in [-0.05, 0) is 24.6 Å². The Morgan fingerprint density at radius 1 is 1.37 bits per heavy atom. The van der Waals surface area contributed by atoms with Crippen LogP contribution in [0, 0.1) is 6.92 Å². The third kappa shape index (κ3) is 3.78. The molecule has 1 aliphatic rings. The summed E-state index contributed by atoms with van der Waals surface area (Å²) in [4.78, 5) is 14.5. The zero-order chi connectivity index (χ0) is 13.7. The van der Waals surface area contributed by atoms with Crippen molar-refractivity contribution < 1.29 is 14.3 Å². The fourth-order valence-corrected chi connectivity index (χ4v) is 2.25. The van der Waals surface area contributed by atoms with Crippen LogP contribution in [0.1, 0.15) is 22.3 Å². The van der Waals surface area contributed by atoms with E-state index in [1.165, 1.54) is 0 Å². The number of Topliss-reactive ketones (excluding diaryl/α,β-unsaturated/α-hetero) is 1. The molecule has 0 bridgehead atoms. The fourth-order valence-electron chi connectivity index (χ4n) is 2.25. The summed E-state index contributed by atoms with van der Waals surface area (Å²) in [6.07, 6.45) is 0.550. The van der Waals surface area contributed by atoms with Crippen LogP contribution >= 0.6 is 0 Å². The number of rotatable bonds is 5. The molecule has 0 amide bonds. The zero-order valence-corrected chi connectivity index (χ0v) is 11.6. The molecule has 4 heteroatoms. The highest BCUT2D eigenvalue weighted by Gasteiger charge is 2.14. The van der Waals surface area contributed by atoms with Crippen LogP contribution in [0.4, 0.5) is 0 Å². The van der Waals surface area contributed by atoms with Gasteiger partial charge in [0.2, 0.25) is 0 Å². The summed E-state index contributed by atoms with van der Waals surface area (Å²) in [7, 11) is 1.62. The molecule has 1 aromatic carbocycles. The summed E-state index contributed by atoms with van der Waals surface area (Å²) in [5.74, 6) is 0.920. The lowest BCUT2D eigenvalue weighted by atomic mass is 10.0. The summed E-state index contributed by atoms with van der Waals surface area (Å²) < 4.78 is 10.5. The second-order valence-electron chi connectivity index (χ2n) is 4.81. The standard InChI is InChI=1S/C15H21NO3/c1-12-3-4-13(18-2)11-14(12)15(17)5-6-16-7-9-19-10-8-16/h3-4,11H,5-10H2,1-2H3. The first-order valence-electron chi connectivity index (χ1n) is 6.68. The molecular weight excluding hydrogens is 242 g/mol. The topological polar surface area (TPSA) is 38.8 Å². The Labute approximate surface area is 114 Å². The third-order valence-electron chi connectivity index (χ3n) is 3.50. The maximum atomic E-state index is 12.3. The Bertz CT molecular complexity index is 439. The predicted octanol–water partition coefficient (Wildman–Crippen LogP) is 1.91. The summed E-state index contributed by atoms with van der Waals surface area (Å²) in [5.41, 5.74) is 1.78. The van der Waals surface area contributed by atoms with Crippen LogP contribution in [-0.4, -0.2) is 50.6 Å². The molecule has 104 valence electrons. The first-order chi connectivity index (χ1) is 9.20. The largest absolute Gasteiger partial charge is 0.497 e. The van der Waals surface area contributed by atoms with Crippen LogP contribution in [0.25, 0.3) is 0 Å². The van der Waals surface area contributed by atoms with Crippen LogP contribution in [-0.2, 0) is 4.74 Å². The number of ether oxygens (including phenoxy) is 2. The second-order valence-corrected chi connectivity index (χ2v) is 4.81. The van der Waals surface area contributed by atoms with Gasteiger partial charge >= 0.3 is 0 Å². The highest BCUT2D eigenvalue weighted by Crippen LogP contribution is 2.18. The van der Waals surface area contributed by atoms with Crippen molar-refractivity contribution in [1.82, 2.24) is 4.90 Å². The summed E-state index contributed by atoms with van der Waals surface area (Å²) >= 11 is 0. The number of benzene rings is 1. The Morgan fingerprint density at radius 2 is 2.11 bits per heavy atom. The average Bonchev–Trinajstić information content (AvgIpc) is 2.46. The van der Waals surface area contributed by atoms with Crippen molar-refractivity contribution in [2.24, 2.45) is 0 Å². The van der Waals surface area contributed by atoms with Gasteiger partial charge in [-0.25, -0.2) is 0 Å². The molecule has 1 aromatic rings. The van der Waals surface area contributed by atoms with E-state index in [0.717, 1.165) is 49.7 Å². The molecule has 0 unspecified atom stereocenters. The molecule has 19 heavy (non-hydrogen) atoms. The number of morpholine rings is 1. The van der Waals surface area contributed by atoms with E-state index in [9.17, 15) is 4.79 Å². The van der Waals surface area contributed by atoms with Crippen molar-refractivity contribution in [3.8, 4) is 5.75 Å². The van der Waals surface area contributed by atoms with E-state index in [-0.39, 0.29) is 5.78 Å². The second kappa shape index (κ2) is 6.68. The van der Waals surface area contributed by atoms with E-state index in [0.29, 0.717) is 6.42 Å².